The maximum atomic E-state index is 11.6. The predicted molar refractivity (Wildman–Crippen MR) is 68.3 cm³/mol. The number of aliphatic carboxylic acids is 1. The fourth-order valence-electron chi connectivity index (χ4n) is 1.35. The van der Waals surface area contributed by atoms with E-state index in [-0.39, 0.29) is 12.2 Å². The summed E-state index contributed by atoms with van der Waals surface area (Å²) in [4.78, 5) is 22.3. The molecule has 18 heavy (non-hydrogen) atoms. The second-order valence-corrected chi connectivity index (χ2v) is 3.89. The van der Waals surface area contributed by atoms with Crippen molar-refractivity contribution < 1.29 is 19.4 Å². The summed E-state index contributed by atoms with van der Waals surface area (Å²) in [6, 6.07) is 6.86. The van der Waals surface area contributed by atoms with Crippen LogP contribution in [0.3, 0.4) is 0 Å². The van der Waals surface area contributed by atoms with Crippen LogP contribution in [0.1, 0.15) is 18.9 Å². The number of rotatable bonds is 5. The topological polar surface area (TPSA) is 63.6 Å². The van der Waals surface area contributed by atoms with E-state index in [1.54, 1.807) is 31.2 Å². The van der Waals surface area contributed by atoms with Crippen molar-refractivity contribution in [3.8, 4) is 0 Å². The van der Waals surface area contributed by atoms with Crippen molar-refractivity contribution in [1.82, 2.24) is 0 Å². The second kappa shape index (κ2) is 6.81. The minimum absolute atomic E-state index is 0.0671. The van der Waals surface area contributed by atoms with E-state index < -0.39 is 18.4 Å². The van der Waals surface area contributed by atoms with Crippen LogP contribution in [-0.4, -0.2) is 23.7 Å². The molecule has 0 aromatic heterocycles. The first kappa shape index (κ1) is 14.3. The van der Waals surface area contributed by atoms with Gasteiger partial charge in [0.1, 0.15) is 0 Å². The molecule has 0 bridgehead atoms. The van der Waals surface area contributed by atoms with Crippen LogP contribution in [0.15, 0.2) is 29.8 Å². The Labute approximate surface area is 110 Å². The zero-order valence-corrected chi connectivity index (χ0v) is 10.6. The molecule has 0 spiro atoms. The summed E-state index contributed by atoms with van der Waals surface area (Å²) >= 11 is 5.94. The lowest BCUT2D eigenvalue weighted by Gasteiger charge is -2.05. The Morgan fingerprint density at radius 2 is 2.06 bits per heavy atom. The van der Waals surface area contributed by atoms with Gasteiger partial charge in [0.25, 0.3) is 0 Å². The van der Waals surface area contributed by atoms with E-state index in [1.807, 2.05) is 0 Å². The molecular formula is C13H13ClO4. The summed E-state index contributed by atoms with van der Waals surface area (Å²) in [6.07, 6.45) is 1.04. The van der Waals surface area contributed by atoms with Crippen molar-refractivity contribution in [2.75, 3.05) is 6.61 Å². The van der Waals surface area contributed by atoms with E-state index in [4.69, 9.17) is 21.4 Å². The monoisotopic (exact) mass is 268 g/mol. The summed E-state index contributed by atoms with van der Waals surface area (Å²) < 4.78 is 4.80. The Morgan fingerprint density at radius 3 is 2.61 bits per heavy atom. The van der Waals surface area contributed by atoms with Gasteiger partial charge in [-0.1, -0.05) is 29.8 Å². The SMILES string of the molecule is CCOC(=O)C(=Cc1ccccc1Cl)CC(=O)O. The van der Waals surface area contributed by atoms with Crippen LogP contribution in [0.25, 0.3) is 6.08 Å². The van der Waals surface area contributed by atoms with Gasteiger partial charge < -0.3 is 9.84 Å². The third kappa shape index (κ3) is 4.22. The first-order chi connectivity index (χ1) is 8.54. The number of halogens is 1. The second-order valence-electron chi connectivity index (χ2n) is 3.48. The van der Waals surface area contributed by atoms with Crippen LogP contribution in [0.2, 0.25) is 5.02 Å². The lowest BCUT2D eigenvalue weighted by molar-refractivity contribution is -0.142. The molecule has 96 valence electrons. The van der Waals surface area contributed by atoms with Gasteiger partial charge in [-0.25, -0.2) is 4.79 Å². The highest BCUT2D eigenvalue weighted by Crippen LogP contribution is 2.20. The summed E-state index contributed by atoms with van der Waals surface area (Å²) in [6.45, 7) is 1.85. The average molecular weight is 269 g/mol. The van der Waals surface area contributed by atoms with Gasteiger partial charge in [0, 0.05) is 10.6 Å². The molecule has 1 N–H and O–H groups in total. The standard InChI is InChI=1S/C13H13ClO4/c1-2-18-13(17)10(8-12(15)16)7-9-5-3-4-6-11(9)14/h3-7H,2,8H2,1H3,(H,15,16). The molecule has 0 atom stereocenters. The molecule has 0 fully saturated rings. The predicted octanol–water partition coefficient (Wildman–Crippen LogP) is 2.76. The Kier molecular flexibility index (Phi) is 5.39. The number of carbonyl (C=O) groups excluding carboxylic acids is 1. The highest BCUT2D eigenvalue weighted by molar-refractivity contribution is 6.32. The summed E-state index contributed by atoms with van der Waals surface area (Å²) in [5.74, 6) is -1.74. The first-order valence-electron chi connectivity index (χ1n) is 5.38. The molecule has 0 saturated carbocycles. The van der Waals surface area contributed by atoms with Crippen LogP contribution in [0.4, 0.5) is 0 Å². The minimum Gasteiger partial charge on any atom is -0.481 e. The Bertz CT molecular complexity index is 480. The molecule has 1 rings (SSSR count). The fraction of sp³-hybridized carbons (Fsp3) is 0.231. The summed E-state index contributed by atoms with van der Waals surface area (Å²) in [5.41, 5.74) is 0.654. The van der Waals surface area contributed by atoms with Crippen molar-refractivity contribution in [2.45, 2.75) is 13.3 Å². The normalized spacial score (nSPS) is 11.1. The van der Waals surface area contributed by atoms with Crippen LogP contribution in [0, 0.1) is 0 Å². The van der Waals surface area contributed by atoms with Gasteiger partial charge in [-0.2, -0.15) is 0 Å². The molecule has 0 amide bonds. The van der Waals surface area contributed by atoms with Crippen LogP contribution in [0.5, 0.6) is 0 Å². The van der Waals surface area contributed by atoms with Gasteiger partial charge in [-0.15, -0.1) is 0 Å². The van der Waals surface area contributed by atoms with Crippen molar-refractivity contribution in [1.29, 1.82) is 0 Å². The zero-order valence-electron chi connectivity index (χ0n) is 9.85. The molecule has 5 heteroatoms. The van der Waals surface area contributed by atoms with Crippen LogP contribution < -0.4 is 0 Å². The molecule has 0 radical (unpaired) electrons. The number of benzene rings is 1. The lowest BCUT2D eigenvalue weighted by atomic mass is 10.1. The Hall–Kier alpha value is -1.81. The molecule has 0 aliphatic heterocycles. The number of ether oxygens (including phenoxy) is 1. The molecule has 0 aliphatic carbocycles. The summed E-state index contributed by atoms with van der Waals surface area (Å²) in [5, 5.41) is 9.22. The quantitative estimate of drug-likeness (QED) is 0.659. The molecule has 1 aromatic carbocycles. The highest BCUT2D eigenvalue weighted by atomic mass is 35.5. The van der Waals surface area contributed by atoms with Crippen molar-refractivity contribution >= 4 is 29.6 Å². The average Bonchev–Trinajstić information content (AvgIpc) is 2.31. The summed E-state index contributed by atoms with van der Waals surface area (Å²) in [7, 11) is 0. The third-order valence-corrected chi connectivity index (χ3v) is 2.46. The molecule has 0 unspecified atom stereocenters. The van der Waals surface area contributed by atoms with Crippen molar-refractivity contribution in [3.05, 3.63) is 40.4 Å². The number of hydrogen-bond donors (Lipinski definition) is 1. The number of esters is 1. The molecule has 0 saturated heterocycles. The Balaban J connectivity index is 3.06. The van der Waals surface area contributed by atoms with E-state index in [9.17, 15) is 9.59 Å². The highest BCUT2D eigenvalue weighted by Gasteiger charge is 2.15. The number of hydrogen-bond acceptors (Lipinski definition) is 3. The van der Waals surface area contributed by atoms with Crippen molar-refractivity contribution in [2.24, 2.45) is 0 Å². The van der Waals surface area contributed by atoms with E-state index in [0.29, 0.717) is 10.6 Å². The molecule has 1 aromatic rings. The molecule has 0 heterocycles. The van der Waals surface area contributed by atoms with Gasteiger partial charge in [0.2, 0.25) is 0 Å². The van der Waals surface area contributed by atoms with Gasteiger partial charge >= 0.3 is 11.9 Å². The Morgan fingerprint density at radius 1 is 1.39 bits per heavy atom. The van der Waals surface area contributed by atoms with Gasteiger partial charge in [-0.3, -0.25) is 4.79 Å². The minimum atomic E-state index is -1.10. The zero-order chi connectivity index (χ0) is 13.5. The van der Waals surface area contributed by atoms with E-state index in [1.165, 1.54) is 6.08 Å². The number of carboxylic acids is 1. The van der Waals surface area contributed by atoms with Crippen molar-refractivity contribution in [3.63, 3.8) is 0 Å². The third-order valence-electron chi connectivity index (χ3n) is 2.11. The first-order valence-corrected chi connectivity index (χ1v) is 5.76. The molecule has 0 aliphatic rings. The number of carbonyl (C=O) groups is 2. The molecular weight excluding hydrogens is 256 g/mol. The fourth-order valence-corrected chi connectivity index (χ4v) is 1.54. The van der Waals surface area contributed by atoms with Gasteiger partial charge in [-0.05, 0) is 24.6 Å². The van der Waals surface area contributed by atoms with E-state index >= 15 is 0 Å². The number of carboxylic acid groups (broad SMARTS) is 1. The van der Waals surface area contributed by atoms with Gasteiger partial charge in [0.15, 0.2) is 0 Å². The van der Waals surface area contributed by atoms with Gasteiger partial charge in [0.05, 0.1) is 13.0 Å². The van der Waals surface area contributed by atoms with E-state index in [0.717, 1.165) is 0 Å². The largest absolute Gasteiger partial charge is 0.481 e. The van der Waals surface area contributed by atoms with Crippen LogP contribution >= 0.6 is 11.6 Å². The molecule has 4 nitrogen and oxygen atoms in total. The maximum absolute atomic E-state index is 11.6. The smallest absolute Gasteiger partial charge is 0.334 e. The van der Waals surface area contributed by atoms with Crippen LogP contribution in [-0.2, 0) is 14.3 Å². The van der Waals surface area contributed by atoms with E-state index in [2.05, 4.69) is 0 Å². The lowest BCUT2D eigenvalue weighted by Crippen LogP contribution is -2.11. The maximum Gasteiger partial charge on any atom is 0.334 e.